The predicted octanol–water partition coefficient (Wildman–Crippen LogP) is 7.90. The smallest absolute Gasteiger partial charge is 0.119 e. The predicted molar refractivity (Wildman–Crippen MR) is 155 cm³/mol. The highest BCUT2D eigenvalue weighted by atomic mass is 16.5. The number of nitrogens with zero attached hydrogens (tertiary/aromatic N) is 2. The third-order valence-electron chi connectivity index (χ3n) is 6.58. The zero-order valence-electron chi connectivity index (χ0n) is 20.6. The van der Waals surface area contributed by atoms with Gasteiger partial charge in [-0.2, -0.15) is 0 Å². The summed E-state index contributed by atoms with van der Waals surface area (Å²) in [7, 11) is 0. The molecule has 2 aromatic carbocycles. The topological polar surface area (TPSA) is 66.6 Å². The van der Waals surface area contributed by atoms with E-state index in [1.54, 1.807) is 0 Å². The second-order valence-corrected chi connectivity index (χ2v) is 9.39. The van der Waals surface area contributed by atoms with E-state index < -0.39 is 0 Å². The Morgan fingerprint density at radius 2 is 1.16 bits per heavy atom. The molecule has 0 saturated carbocycles. The van der Waals surface area contributed by atoms with Gasteiger partial charge in [0.15, 0.2) is 0 Å². The van der Waals surface area contributed by atoms with Crippen molar-refractivity contribution in [2.24, 2.45) is 0 Å². The molecule has 0 radical (unpaired) electrons. The van der Waals surface area contributed by atoms with E-state index in [4.69, 9.17) is 14.7 Å². The molecular formula is C33H24N4O. The molecule has 38 heavy (non-hydrogen) atoms. The molecule has 3 aromatic heterocycles. The molecule has 2 aliphatic heterocycles. The minimum Gasteiger partial charge on any atom is -0.489 e. The molecular weight excluding hydrogens is 468 g/mol. The van der Waals surface area contributed by atoms with Gasteiger partial charge in [0.2, 0.25) is 0 Å². The number of fused-ring (bicyclic) bond motifs is 8. The monoisotopic (exact) mass is 492 g/mol. The lowest BCUT2D eigenvalue weighted by Gasteiger charge is -2.07. The highest BCUT2D eigenvalue weighted by Gasteiger charge is 2.08. The maximum Gasteiger partial charge on any atom is 0.119 e. The van der Waals surface area contributed by atoms with Crippen molar-refractivity contribution in [3.8, 4) is 16.9 Å². The molecule has 7 rings (SSSR count). The number of nitrogens with one attached hydrogen (secondary N) is 2. The van der Waals surface area contributed by atoms with Gasteiger partial charge in [0, 0.05) is 27.6 Å². The number of hydrogen-bond donors (Lipinski definition) is 2. The van der Waals surface area contributed by atoms with Gasteiger partial charge in [-0.1, -0.05) is 42.5 Å². The van der Waals surface area contributed by atoms with Crippen LogP contribution in [0.2, 0.25) is 0 Å². The Hall–Kier alpha value is -5.16. The summed E-state index contributed by atoms with van der Waals surface area (Å²) < 4.78 is 6.00. The van der Waals surface area contributed by atoms with Crippen molar-refractivity contribution < 1.29 is 4.74 Å². The fraction of sp³-hybridized carbons (Fsp3) is 0.0303. The molecule has 0 aliphatic carbocycles. The zero-order chi connectivity index (χ0) is 25.3. The van der Waals surface area contributed by atoms with Crippen LogP contribution in [0.4, 0.5) is 0 Å². The molecule has 0 fully saturated rings. The summed E-state index contributed by atoms with van der Waals surface area (Å²) in [4.78, 5) is 16.6. The average Bonchev–Trinajstić information content (AvgIpc) is 3.74. The average molecular weight is 493 g/mol. The fourth-order valence-corrected chi connectivity index (χ4v) is 4.73. The Kier molecular flexibility index (Phi) is 5.44. The van der Waals surface area contributed by atoms with Crippen molar-refractivity contribution in [3.05, 3.63) is 125 Å². The summed E-state index contributed by atoms with van der Waals surface area (Å²) in [6.45, 7) is 0.542. The van der Waals surface area contributed by atoms with Crippen molar-refractivity contribution in [3.63, 3.8) is 0 Å². The molecule has 182 valence electrons. The summed E-state index contributed by atoms with van der Waals surface area (Å²) in [5.41, 5.74) is 10.9. The maximum absolute atomic E-state index is 6.00. The Labute approximate surface area is 219 Å². The molecule has 5 nitrogen and oxygen atoms in total. The minimum absolute atomic E-state index is 0.542. The van der Waals surface area contributed by atoms with Gasteiger partial charge in [-0.25, -0.2) is 9.97 Å². The van der Waals surface area contributed by atoms with Crippen LogP contribution >= 0.6 is 0 Å². The summed E-state index contributed by atoms with van der Waals surface area (Å²) in [6.07, 6.45) is 8.14. The third-order valence-corrected chi connectivity index (χ3v) is 6.58. The lowest BCUT2D eigenvalue weighted by Crippen LogP contribution is -1.94. The lowest BCUT2D eigenvalue weighted by atomic mass is 10.1. The quantitative estimate of drug-likeness (QED) is 0.262. The molecule has 5 aromatic rings. The summed E-state index contributed by atoms with van der Waals surface area (Å²) in [6, 6.07) is 33.0. The van der Waals surface area contributed by atoms with Crippen molar-refractivity contribution in [1.82, 2.24) is 19.9 Å². The van der Waals surface area contributed by atoms with Crippen LogP contribution in [0.5, 0.6) is 5.75 Å². The number of aromatic nitrogens is 4. The Bertz CT molecular complexity index is 1860. The van der Waals surface area contributed by atoms with E-state index in [0.717, 1.165) is 67.3 Å². The SMILES string of the molecule is C1=Cc2cc3cc(-c4ccc(OCc5ccccc5)cc4)c(cc4nc(cc5ccc(cc1n2)[nH]5)C=C4)[nH]3. The van der Waals surface area contributed by atoms with E-state index in [-0.39, 0.29) is 0 Å². The van der Waals surface area contributed by atoms with Gasteiger partial charge in [-0.05, 0) is 90.0 Å². The Morgan fingerprint density at radius 1 is 0.553 bits per heavy atom. The van der Waals surface area contributed by atoms with Crippen LogP contribution in [0.25, 0.3) is 57.5 Å². The van der Waals surface area contributed by atoms with Gasteiger partial charge >= 0.3 is 0 Å². The molecule has 2 N–H and O–H groups in total. The van der Waals surface area contributed by atoms with Crippen molar-refractivity contribution in [1.29, 1.82) is 0 Å². The number of H-pyrrole nitrogens is 2. The maximum atomic E-state index is 6.00. The van der Waals surface area contributed by atoms with Gasteiger partial charge in [-0.3, -0.25) is 0 Å². The van der Waals surface area contributed by atoms with E-state index in [2.05, 4.69) is 64.6 Å². The first-order valence-corrected chi connectivity index (χ1v) is 12.6. The largest absolute Gasteiger partial charge is 0.489 e. The molecule has 8 bridgehead atoms. The van der Waals surface area contributed by atoms with Crippen LogP contribution in [0.15, 0.2) is 97.1 Å². The van der Waals surface area contributed by atoms with Crippen LogP contribution in [0, 0.1) is 0 Å². The zero-order valence-corrected chi connectivity index (χ0v) is 20.6. The van der Waals surface area contributed by atoms with Crippen LogP contribution < -0.4 is 4.74 Å². The van der Waals surface area contributed by atoms with Crippen LogP contribution in [-0.2, 0) is 6.61 Å². The summed E-state index contributed by atoms with van der Waals surface area (Å²) in [5, 5.41) is 0. The molecule has 0 atom stereocenters. The first-order chi connectivity index (χ1) is 18.7. The van der Waals surface area contributed by atoms with Crippen LogP contribution in [0.1, 0.15) is 28.3 Å². The Balaban J connectivity index is 1.32. The van der Waals surface area contributed by atoms with Crippen LogP contribution in [0.3, 0.4) is 0 Å². The fourth-order valence-electron chi connectivity index (χ4n) is 4.73. The number of hydrogen-bond acceptors (Lipinski definition) is 3. The molecule has 0 saturated heterocycles. The number of ether oxygens (including phenoxy) is 1. The molecule has 5 heterocycles. The van der Waals surface area contributed by atoms with E-state index in [1.165, 1.54) is 0 Å². The summed E-state index contributed by atoms with van der Waals surface area (Å²) >= 11 is 0. The molecule has 0 spiro atoms. The highest BCUT2D eigenvalue weighted by Crippen LogP contribution is 2.29. The first-order valence-electron chi connectivity index (χ1n) is 12.6. The standard InChI is InChI=1S/C33H24N4O/c1-2-4-22(5-3-1)21-38-31-14-6-23(7-15-31)32-19-30-18-28-11-10-26(35-28)16-24-8-9-25(34-24)17-27-12-13-29(36-27)20-33(32)37-30/h1-20,34,37H,21H2. The van der Waals surface area contributed by atoms with Gasteiger partial charge in [0.05, 0.1) is 22.8 Å². The van der Waals surface area contributed by atoms with Gasteiger partial charge in [0.1, 0.15) is 12.4 Å². The van der Waals surface area contributed by atoms with Gasteiger partial charge < -0.3 is 14.7 Å². The second-order valence-electron chi connectivity index (χ2n) is 9.39. The van der Waals surface area contributed by atoms with Crippen molar-refractivity contribution in [2.45, 2.75) is 6.61 Å². The summed E-state index contributed by atoms with van der Waals surface area (Å²) in [5.74, 6) is 0.839. The molecule has 5 heteroatoms. The van der Waals surface area contributed by atoms with Crippen molar-refractivity contribution in [2.75, 3.05) is 0 Å². The number of rotatable bonds is 4. The number of aromatic amines is 2. The lowest BCUT2D eigenvalue weighted by molar-refractivity contribution is 0.306. The number of benzene rings is 2. The van der Waals surface area contributed by atoms with Crippen LogP contribution in [-0.4, -0.2) is 19.9 Å². The highest BCUT2D eigenvalue weighted by molar-refractivity contribution is 5.88. The van der Waals surface area contributed by atoms with E-state index in [0.29, 0.717) is 6.61 Å². The van der Waals surface area contributed by atoms with E-state index in [1.807, 2.05) is 66.8 Å². The molecule has 2 aliphatic rings. The first kappa shape index (κ1) is 22.1. The Morgan fingerprint density at radius 3 is 1.82 bits per heavy atom. The van der Waals surface area contributed by atoms with E-state index >= 15 is 0 Å². The minimum atomic E-state index is 0.542. The van der Waals surface area contributed by atoms with Gasteiger partial charge in [-0.15, -0.1) is 0 Å². The second kappa shape index (κ2) is 9.37. The van der Waals surface area contributed by atoms with Crippen molar-refractivity contribution >= 4 is 46.4 Å². The molecule has 0 amide bonds. The normalized spacial score (nSPS) is 12.1. The third kappa shape index (κ3) is 4.65. The van der Waals surface area contributed by atoms with Gasteiger partial charge in [0.25, 0.3) is 0 Å². The molecule has 0 unspecified atom stereocenters. The van der Waals surface area contributed by atoms with E-state index in [9.17, 15) is 0 Å².